The number of hydrogen-bond acceptors (Lipinski definition) is 3. The van der Waals surface area contributed by atoms with E-state index in [4.69, 9.17) is 4.74 Å². The van der Waals surface area contributed by atoms with Gasteiger partial charge in [0.25, 0.3) is 5.91 Å². The number of rotatable bonds is 4. The molecule has 1 aromatic rings. The summed E-state index contributed by atoms with van der Waals surface area (Å²) < 4.78 is 20.4. The molecule has 1 spiro atoms. The van der Waals surface area contributed by atoms with Crippen molar-refractivity contribution in [1.82, 2.24) is 10.2 Å². The van der Waals surface area contributed by atoms with Crippen LogP contribution in [0.25, 0.3) is 0 Å². The Labute approximate surface area is 160 Å². The van der Waals surface area contributed by atoms with Gasteiger partial charge in [-0.05, 0) is 49.7 Å². The van der Waals surface area contributed by atoms with Gasteiger partial charge in [0.2, 0.25) is 5.91 Å². The number of ether oxygens (including phenoxy) is 1. The molecule has 148 valence electrons. The first-order valence-electron chi connectivity index (χ1n) is 9.84. The molecule has 1 aromatic carbocycles. The minimum absolute atomic E-state index is 0.0114. The molecule has 1 N–H and O–H groups in total. The zero-order chi connectivity index (χ0) is 19.6. The number of benzene rings is 1. The smallest absolute Gasteiger partial charge is 0.259 e. The first-order chi connectivity index (χ1) is 12.8. The minimum Gasteiger partial charge on any atom is -0.354 e. The summed E-state index contributed by atoms with van der Waals surface area (Å²) in [5.74, 6) is -0.418. The lowest BCUT2D eigenvalue weighted by atomic mass is 9.83. The Morgan fingerprint density at radius 3 is 2.59 bits per heavy atom. The molecule has 1 saturated heterocycles. The normalized spacial score (nSPS) is 28.0. The van der Waals surface area contributed by atoms with Crippen LogP contribution in [0.1, 0.15) is 56.8 Å². The second-order valence-corrected chi connectivity index (χ2v) is 8.25. The molecule has 1 atom stereocenters. The van der Waals surface area contributed by atoms with Crippen LogP contribution in [-0.2, 0) is 9.53 Å². The minimum atomic E-state index is -0.814. The van der Waals surface area contributed by atoms with Gasteiger partial charge in [-0.3, -0.25) is 14.5 Å². The van der Waals surface area contributed by atoms with Crippen molar-refractivity contribution in [3.63, 3.8) is 0 Å². The van der Waals surface area contributed by atoms with E-state index in [-0.39, 0.29) is 18.1 Å². The molecule has 27 heavy (non-hydrogen) atoms. The summed E-state index contributed by atoms with van der Waals surface area (Å²) in [6.45, 7) is 6.88. The van der Waals surface area contributed by atoms with E-state index in [0.717, 1.165) is 12.8 Å². The Morgan fingerprint density at radius 1 is 1.30 bits per heavy atom. The maximum absolute atomic E-state index is 14.3. The molecule has 1 unspecified atom stereocenters. The van der Waals surface area contributed by atoms with Gasteiger partial charge in [0.05, 0.1) is 12.2 Å². The molecule has 1 aliphatic heterocycles. The molecule has 0 aromatic heterocycles. The predicted octanol–water partition coefficient (Wildman–Crippen LogP) is 3.35. The van der Waals surface area contributed by atoms with Crippen LogP contribution in [0.5, 0.6) is 0 Å². The van der Waals surface area contributed by atoms with E-state index in [1.54, 1.807) is 12.1 Å². The maximum atomic E-state index is 14.3. The number of carbonyl (C=O) groups excluding carboxylic acids is 2. The molecule has 2 aliphatic rings. The summed E-state index contributed by atoms with van der Waals surface area (Å²) in [6.07, 6.45) is 3.17. The summed E-state index contributed by atoms with van der Waals surface area (Å²) in [7, 11) is 0. The Morgan fingerprint density at radius 2 is 1.96 bits per heavy atom. The third kappa shape index (κ3) is 4.00. The van der Waals surface area contributed by atoms with E-state index in [1.807, 2.05) is 13.8 Å². The van der Waals surface area contributed by atoms with Crippen LogP contribution in [0, 0.1) is 17.7 Å². The molecule has 1 heterocycles. The van der Waals surface area contributed by atoms with Gasteiger partial charge >= 0.3 is 0 Å². The molecule has 6 heteroatoms. The number of halogens is 1. The van der Waals surface area contributed by atoms with Crippen LogP contribution in [0.2, 0.25) is 0 Å². The Balaban J connectivity index is 1.91. The van der Waals surface area contributed by atoms with E-state index in [1.165, 1.54) is 17.0 Å². The van der Waals surface area contributed by atoms with Crippen molar-refractivity contribution < 1.29 is 18.7 Å². The van der Waals surface area contributed by atoms with Crippen molar-refractivity contribution >= 4 is 11.8 Å². The summed E-state index contributed by atoms with van der Waals surface area (Å²) >= 11 is 0. The van der Waals surface area contributed by atoms with Gasteiger partial charge in [-0.15, -0.1) is 0 Å². The van der Waals surface area contributed by atoms with E-state index in [2.05, 4.69) is 12.2 Å². The van der Waals surface area contributed by atoms with Crippen LogP contribution in [0.4, 0.5) is 4.39 Å². The van der Waals surface area contributed by atoms with Gasteiger partial charge in [0, 0.05) is 6.54 Å². The third-order valence-corrected chi connectivity index (χ3v) is 5.63. The van der Waals surface area contributed by atoms with Gasteiger partial charge in [-0.2, -0.15) is 0 Å². The van der Waals surface area contributed by atoms with Gasteiger partial charge in [0.1, 0.15) is 17.6 Å². The highest BCUT2D eigenvalue weighted by Gasteiger charge is 2.53. The largest absolute Gasteiger partial charge is 0.354 e. The van der Waals surface area contributed by atoms with Crippen LogP contribution in [0.15, 0.2) is 24.3 Å². The zero-order valence-electron chi connectivity index (χ0n) is 16.3. The highest BCUT2D eigenvalue weighted by Crippen LogP contribution is 2.43. The lowest BCUT2D eigenvalue weighted by molar-refractivity contribution is -0.128. The number of nitrogens with one attached hydrogen (secondary N) is 1. The molecule has 1 aliphatic carbocycles. The zero-order valence-corrected chi connectivity index (χ0v) is 16.3. The average molecular weight is 376 g/mol. The fraction of sp³-hybridized carbons (Fsp3) is 0.619. The number of hydrogen-bond donors (Lipinski definition) is 1. The lowest BCUT2D eigenvalue weighted by Gasteiger charge is -2.43. The van der Waals surface area contributed by atoms with Gasteiger partial charge in [-0.25, -0.2) is 4.39 Å². The highest BCUT2D eigenvalue weighted by atomic mass is 19.1. The summed E-state index contributed by atoms with van der Waals surface area (Å²) in [6, 6.07) is 5.20. The monoisotopic (exact) mass is 376 g/mol. The van der Waals surface area contributed by atoms with Crippen molar-refractivity contribution in [3.8, 4) is 0 Å². The molecule has 2 fully saturated rings. The summed E-state index contributed by atoms with van der Waals surface area (Å²) in [4.78, 5) is 27.6. The molecule has 3 rings (SSSR count). The van der Waals surface area contributed by atoms with E-state index in [9.17, 15) is 14.0 Å². The number of nitrogens with zero attached hydrogens (tertiary/aromatic N) is 1. The topological polar surface area (TPSA) is 58.6 Å². The summed E-state index contributed by atoms with van der Waals surface area (Å²) in [5.41, 5.74) is -0.825. The Hall–Kier alpha value is -1.95. The molecular weight excluding hydrogens is 347 g/mol. The molecule has 1 saturated carbocycles. The van der Waals surface area contributed by atoms with E-state index >= 15 is 0 Å². The van der Waals surface area contributed by atoms with Crippen molar-refractivity contribution in [2.75, 3.05) is 13.2 Å². The fourth-order valence-electron chi connectivity index (χ4n) is 3.97. The second kappa shape index (κ2) is 7.97. The van der Waals surface area contributed by atoms with Crippen molar-refractivity contribution in [1.29, 1.82) is 0 Å². The lowest BCUT2D eigenvalue weighted by Crippen LogP contribution is -2.57. The van der Waals surface area contributed by atoms with Gasteiger partial charge < -0.3 is 10.1 Å². The van der Waals surface area contributed by atoms with Crippen molar-refractivity contribution in [2.45, 2.75) is 58.2 Å². The third-order valence-electron chi connectivity index (χ3n) is 5.63. The van der Waals surface area contributed by atoms with Crippen LogP contribution >= 0.6 is 0 Å². The Bertz CT molecular complexity index is 698. The number of amides is 2. The van der Waals surface area contributed by atoms with E-state index < -0.39 is 23.5 Å². The predicted molar refractivity (Wildman–Crippen MR) is 101 cm³/mol. The average Bonchev–Trinajstić information content (AvgIpc) is 3.01. The summed E-state index contributed by atoms with van der Waals surface area (Å²) in [5, 5.41) is 2.90. The van der Waals surface area contributed by atoms with Gasteiger partial charge in [0.15, 0.2) is 0 Å². The fourth-order valence-corrected chi connectivity index (χ4v) is 3.97. The first kappa shape index (κ1) is 19.8. The SMILES string of the molecule is CC(C)CNC(=O)C1COC2(CCC(C)CC2)N1C(=O)c1ccccc1F. The molecular formula is C21H29FN2O3. The Kier molecular flexibility index (Phi) is 5.84. The molecule has 0 radical (unpaired) electrons. The standard InChI is InChI=1S/C21H29FN2O3/c1-14(2)12-23-19(25)18-13-27-21(10-8-15(3)9-11-21)24(18)20(26)16-6-4-5-7-17(16)22/h4-7,14-15,18H,8-13H2,1-3H3,(H,23,25). The van der Waals surface area contributed by atoms with Crippen molar-refractivity contribution in [2.24, 2.45) is 11.8 Å². The van der Waals surface area contributed by atoms with Crippen LogP contribution in [-0.4, -0.2) is 41.6 Å². The molecule has 0 bridgehead atoms. The molecule has 2 amide bonds. The second-order valence-electron chi connectivity index (χ2n) is 8.25. The van der Waals surface area contributed by atoms with Crippen LogP contribution < -0.4 is 5.32 Å². The van der Waals surface area contributed by atoms with Crippen molar-refractivity contribution in [3.05, 3.63) is 35.6 Å². The van der Waals surface area contributed by atoms with E-state index in [0.29, 0.717) is 31.2 Å². The quantitative estimate of drug-likeness (QED) is 0.877. The number of carbonyl (C=O) groups is 2. The molecule has 5 nitrogen and oxygen atoms in total. The first-order valence-corrected chi connectivity index (χ1v) is 9.84. The van der Waals surface area contributed by atoms with Gasteiger partial charge in [-0.1, -0.05) is 32.9 Å². The van der Waals surface area contributed by atoms with Crippen LogP contribution in [0.3, 0.4) is 0 Å². The highest BCUT2D eigenvalue weighted by molar-refractivity contribution is 5.98. The maximum Gasteiger partial charge on any atom is 0.259 e.